The molecule has 2 rings (SSSR count). The lowest BCUT2D eigenvalue weighted by Gasteiger charge is -2.08. The highest BCUT2D eigenvalue weighted by Gasteiger charge is 2.15. The van der Waals surface area contributed by atoms with Crippen LogP contribution in [0.4, 0.5) is 21.5 Å². The summed E-state index contributed by atoms with van der Waals surface area (Å²) in [7, 11) is 0. The molecule has 0 saturated heterocycles. The second-order valence-electron chi connectivity index (χ2n) is 4.11. The SMILES string of the molecule is Nc1cc(C(=O)Nc2ccc(F)cc2Br)ccc1[N+](=O)[O-]. The molecule has 1 amide bonds. The van der Waals surface area contributed by atoms with E-state index in [1.807, 2.05) is 0 Å². The molecule has 108 valence electrons. The molecule has 8 heteroatoms. The Hall–Kier alpha value is -2.48. The minimum Gasteiger partial charge on any atom is -0.393 e. The number of hydrogen-bond donors (Lipinski definition) is 2. The highest BCUT2D eigenvalue weighted by atomic mass is 79.9. The number of hydrogen-bond acceptors (Lipinski definition) is 4. The van der Waals surface area contributed by atoms with E-state index in [-0.39, 0.29) is 16.9 Å². The predicted octanol–water partition coefficient (Wildman–Crippen LogP) is 3.33. The Morgan fingerprint density at radius 3 is 2.57 bits per heavy atom. The van der Waals surface area contributed by atoms with Crippen LogP contribution in [-0.4, -0.2) is 10.8 Å². The Morgan fingerprint density at radius 2 is 2.00 bits per heavy atom. The van der Waals surface area contributed by atoms with Gasteiger partial charge in [-0.2, -0.15) is 0 Å². The van der Waals surface area contributed by atoms with Gasteiger partial charge in [0.15, 0.2) is 0 Å². The second-order valence-corrected chi connectivity index (χ2v) is 4.96. The summed E-state index contributed by atoms with van der Waals surface area (Å²) >= 11 is 3.12. The normalized spacial score (nSPS) is 10.2. The fourth-order valence-electron chi connectivity index (χ4n) is 1.65. The third kappa shape index (κ3) is 3.34. The summed E-state index contributed by atoms with van der Waals surface area (Å²) in [6, 6.07) is 7.46. The van der Waals surface area contributed by atoms with Crippen molar-refractivity contribution in [2.45, 2.75) is 0 Å². The Labute approximate surface area is 127 Å². The first kappa shape index (κ1) is 14.9. The third-order valence-electron chi connectivity index (χ3n) is 2.67. The summed E-state index contributed by atoms with van der Waals surface area (Å²) in [5.74, 6) is -0.955. The highest BCUT2D eigenvalue weighted by molar-refractivity contribution is 9.10. The fourth-order valence-corrected chi connectivity index (χ4v) is 2.10. The molecule has 0 fully saturated rings. The van der Waals surface area contributed by atoms with E-state index in [0.717, 1.165) is 6.07 Å². The van der Waals surface area contributed by atoms with Gasteiger partial charge in [-0.1, -0.05) is 0 Å². The molecule has 6 nitrogen and oxygen atoms in total. The summed E-state index contributed by atoms with van der Waals surface area (Å²) in [4.78, 5) is 22.1. The third-order valence-corrected chi connectivity index (χ3v) is 3.32. The minimum atomic E-state index is -0.631. The summed E-state index contributed by atoms with van der Waals surface area (Å²) in [5.41, 5.74) is 5.68. The zero-order chi connectivity index (χ0) is 15.6. The van der Waals surface area contributed by atoms with Gasteiger partial charge in [0.25, 0.3) is 11.6 Å². The molecular weight excluding hydrogens is 345 g/mol. The molecule has 0 bridgehead atoms. The fraction of sp³-hybridized carbons (Fsp3) is 0. The molecule has 0 radical (unpaired) electrons. The highest BCUT2D eigenvalue weighted by Crippen LogP contribution is 2.25. The molecule has 0 atom stereocenters. The number of nitro benzene ring substituents is 1. The first-order chi connectivity index (χ1) is 9.88. The number of nitrogen functional groups attached to an aromatic ring is 1. The molecule has 0 aliphatic rings. The van der Waals surface area contributed by atoms with Gasteiger partial charge < -0.3 is 11.1 Å². The Kier molecular flexibility index (Phi) is 4.18. The van der Waals surface area contributed by atoms with Crippen molar-refractivity contribution in [3.63, 3.8) is 0 Å². The molecule has 0 aliphatic heterocycles. The van der Waals surface area contributed by atoms with E-state index >= 15 is 0 Å². The van der Waals surface area contributed by atoms with E-state index in [1.165, 1.54) is 30.3 Å². The van der Waals surface area contributed by atoms with Gasteiger partial charge >= 0.3 is 0 Å². The number of carbonyl (C=O) groups is 1. The number of amides is 1. The standard InChI is InChI=1S/C13H9BrFN3O3/c14-9-6-8(15)2-3-11(9)17-13(19)7-1-4-12(18(20)21)10(16)5-7/h1-6H,16H2,(H,17,19). The Morgan fingerprint density at radius 1 is 1.29 bits per heavy atom. The number of anilines is 2. The number of halogens is 2. The number of rotatable bonds is 3. The zero-order valence-corrected chi connectivity index (χ0v) is 12.1. The molecule has 0 saturated carbocycles. The van der Waals surface area contributed by atoms with Crippen molar-refractivity contribution in [2.24, 2.45) is 0 Å². The molecule has 2 aromatic carbocycles. The van der Waals surface area contributed by atoms with Crippen molar-refractivity contribution >= 4 is 38.9 Å². The van der Waals surface area contributed by atoms with Crippen LogP contribution in [0.3, 0.4) is 0 Å². The molecule has 3 N–H and O–H groups in total. The van der Waals surface area contributed by atoms with E-state index in [2.05, 4.69) is 21.2 Å². The number of nitrogens with zero attached hydrogens (tertiary/aromatic N) is 1. The average molecular weight is 354 g/mol. The number of nitro groups is 1. The number of nitrogens with one attached hydrogen (secondary N) is 1. The van der Waals surface area contributed by atoms with Crippen molar-refractivity contribution in [3.8, 4) is 0 Å². The van der Waals surface area contributed by atoms with Crippen LogP contribution in [0.1, 0.15) is 10.4 Å². The van der Waals surface area contributed by atoms with Crippen LogP contribution in [0.15, 0.2) is 40.9 Å². The maximum atomic E-state index is 13.0. The maximum absolute atomic E-state index is 13.0. The topological polar surface area (TPSA) is 98.3 Å². The molecule has 0 unspecified atom stereocenters. The van der Waals surface area contributed by atoms with E-state index < -0.39 is 16.6 Å². The van der Waals surface area contributed by atoms with Crippen molar-refractivity contribution in [2.75, 3.05) is 11.1 Å². The zero-order valence-electron chi connectivity index (χ0n) is 10.5. The number of carbonyl (C=O) groups excluding carboxylic acids is 1. The van der Waals surface area contributed by atoms with Gasteiger partial charge in [-0.15, -0.1) is 0 Å². The first-order valence-corrected chi connectivity index (χ1v) is 6.48. The lowest BCUT2D eigenvalue weighted by molar-refractivity contribution is -0.383. The van der Waals surface area contributed by atoms with Crippen LogP contribution in [-0.2, 0) is 0 Å². The Bertz CT molecular complexity index is 737. The van der Waals surface area contributed by atoms with Gasteiger partial charge in [0.05, 0.1) is 10.6 Å². The molecule has 0 spiro atoms. The quantitative estimate of drug-likeness (QED) is 0.502. The molecular formula is C13H9BrFN3O3. The van der Waals surface area contributed by atoms with Crippen LogP contribution >= 0.6 is 15.9 Å². The van der Waals surface area contributed by atoms with E-state index in [9.17, 15) is 19.3 Å². The lowest BCUT2D eigenvalue weighted by Crippen LogP contribution is -2.13. The first-order valence-electron chi connectivity index (χ1n) is 5.69. The minimum absolute atomic E-state index is 0.106. The second kappa shape index (κ2) is 5.88. The van der Waals surface area contributed by atoms with Gasteiger partial charge in [0.1, 0.15) is 11.5 Å². The van der Waals surface area contributed by atoms with E-state index in [1.54, 1.807) is 0 Å². The summed E-state index contributed by atoms with van der Waals surface area (Å²) < 4.78 is 13.3. The molecule has 0 heterocycles. The molecule has 2 aromatic rings. The smallest absolute Gasteiger partial charge is 0.292 e. The molecule has 0 aliphatic carbocycles. The van der Waals surface area contributed by atoms with Crippen molar-refractivity contribution in [1.82, 2.24) is 0 Å². The van der Waals surface area contributed by atoms with Crippen molar-refractivity contribution in [1.29, 1.82) is 0 Å². The van der Waals surface area contributed by atoms with Gasteiger partial charge in [-0.25, -0.2) is 4.39 Å². The van der Waals surface area contributed by atoms with Crippen molar-refractivity contribution in [3.05, 3.63) is 62.4 Å². The van der Waals surface area contributed by atoms with E-state index in [4.69, 9.17) is 5.73 Å². The lowest BCUT2D eigenvalue weighted by atomic mass is 10.1. The van der Waals surface area contributed by atoms with Crippen LogP contribution in [0, 0.1) is 15.9 Å². The molecule has 0 aromatic heterocycles. The van der Waals surface area contributed by atoms with Crippen LogP contribution in [0.5, 0.6) is 0 Å². The van der Waals surface area contributed by atoms with Gasteiger partial charge in [0.2, 0.25) is 0 Å². The largest absolute Gasteiger partial charge is 0.393 e. The number of nitrogens with two attached hydrogens (primary N) is 1. The van der Waals surface area contributed by atoms with Crippen LogP contribution in [0.25, 0.3) is 0 Å². The number of benzene rings is 2. The van der Waals surface area contributed by atoms with Gasteiger partial charge in [-0.3, -0.25) is 14.9 Å². The summed E-state index contributed by atoms with van der Waals surface area (Å²) in [6.07, 6.45) is 0. The molecule has 21 heavy (non-hydrogen) atoms. The monoisotopic (exact) mass is 353 g/mol. The van der Waals surface area contributed by atoms with Crippen molar-refractivity contribution < 1.29 is 14.1 Å². The Balaban J connectivity index is 2.24. The predicted molar refractivity (Wildman–Crippen MR) is 79.6 cm³/mol. The van der Waals surface area contributed by atoms with Crippen LogP contribution in [0.2, 0.25) is 0 Å². The van der Waals surface area contributed by atoms with Crippen LogP contribution < -0.4 is 11.1 Å². The maximum Gasteiger partial charge on any atom is 0.292 e. The van der Waals surface area contributed by atoms with Gasteiger partial charge in [-0.05, 0) is 46.3 Å². The summed E-state index contributed by atoms with van der Waals surface area (Å²) in [6.45, 7) is 0. The average Bonchev–Trinajstić information content (AvgIpc) is 2.41. The van der Waals surface area contributed by atoms with E-state index in [0.29, 0.717) is 10.2 Å². The summed E-state index contributed by atoms with van der Waals surface area (Å²) in [5, 5.41) is 13.2. The van der Waals surface area contributed by atoms with Gasteiger partial charge in [0, 0.05) is 16.1 Å².